The summed E-state index contributed by atoms with van der Waals surface area (Å²) in [5.74, 6) is 0.395. The lowest BCUT2D eigenvalue weighted by Gasteiger charge is -2.06. The topological polar surface area (TPSA) is 38.7 Å². The fraction of sp³-hybridized carbons (Fsp3) is 0.182. The molecular formula is C11H10ClN3. The van der Waals surface area contributed by atoms with Crippen molar-refractivity contribution in [1.82, 2.24) is 15.0 Å². The van der Waals surface area contributed by atoms with E-state index in [2.05, 4.69) is 15.0 Å². The Balaban J connectivity index is 2.53. The Hall–Kier alpha value is -1.48. The average Bonchev–Trinajstić information content (AvgIpc) is 2.30. The van der Waals surface area contributed by atoms with Crippen LogP contribution in [0.2, 0.25) is 0 Å². The standard InChI is InChI=1S/C11H10ClN3/c1-8-2-3-10(11(4-12)15-8)9-5-13-7-14-6-9/h2-3,5-7H,4H2,1H3. The minimum atomic E-state index is 0.395. The fourth-order valence-corrected chi connectivity index (χ4v) is 1.62. The monoisotopic (exact) mass is 219 g/mol. The average molecular weight is 220 g/mol. The molecule has 0 atom stereocenters. The van der Waals surface area contributed by atoms with Gasteiger partial charge in [0.25, 0.3) is 0 Å². The van der Waals surface area contributed by atoms with Gasteiger partial charge in [-0.25, -0.2) is 9.97 Å². The Morgan fingerprint density at radius 2 is 1.93 bits per heavy atom. The second kappa shape index (κ2) is 4.36. The maximum Gasteiger partial charge on any atom is 0.115 e. The largest absolute Gasteiger partial charge is 0.256 e. The van der Waals surface area contributed by atoms with Crippen LogP contribution in [0.4, 0.5) is 0 Å². The zero-order valence-corrected chi connectivity index (χ0v) is 9.07. The van der Waals surface area contributed by atoms with E-state index in [-0.39, 0.29) is 0 Å². The number of aromatic nitrogens is 3. The summed E-state index contributed by atoms with van der Waals surface area (Å²) in [6.45, 7) is 1.95. The summed E-state index contributed by atoms with van der Waals surface area (Å²) in [6.07, 6.45) is 5.02. The van der Waals surface area contributed by atoms with Crippen LogP contribution in [0.15, 0.2) is 30.9 Å². The van der Waals surface area contributed by atoms with Crippen LogP contribution in [0.5, 0.6) is 0 Å². The Morgan fingerprint density at radius 3 is 2.60 bits per heavy atom. The molecule has 2 heterocycles. The highest BCUT2D eigenvalue weighted by molar-refractivity contribution is 6.17. The molecule has 0 fully saturated rings. The molecule has 0 aliphatic rings. The second-order valence-corrected chi connectivity index (χ2v) is 3.47. The predicted molar refractivity (Wildman–Crippen MR) is 59.6 cm³/mol. The van der Waals surface area contributed by atoms with E-state index in [0.717, 1.165) is 22.5 Å². The molecule has 0 radical (unpaired) electrons. The molecule has 0 spiro atoms. The molecule has 0 saturated carbocycles. The maximum absolute atomic E-state index is 5.85. The number of hydrogen-bond acceptors (Lipinski definition) is 3. The van der Waals surface area contributed by atoms with Gasteiger partial charge in [-0.3, -0.25) is 4.98 Å². The van der Waals surface area contributed by atoms with Gasteiger partial charge in [-0.15, -0.1) is 11.6 Å². The van der Waals surface area contributed by atoms with E-state index in [9.17, 15) is 0 Å². The van der Waals surface area contributed by atoms with E-state index in [1.54, 1.807) is 12.4 Å². The van der Waals surface area contributed by atoms with Crippen LogP contribution < -0.4 is 0 Å². The molecular weight excluding hydrogens is 210 g/mol. The summed E-state index contributed by atoms with van der Waals surface area (Å²) < 4.78 is 0. The molecule has 76 valence electrons. The van der Waals surface area contributed by atoms with Gasteiger partial charge in [-0.1, -0.05) is 6.07 Å². The Morgan fingerprint density at radius 1 is 1.20 bits per heavy atom. The zero-order valence-electron chi connectivity index (χ0n) is 8.31. The first-order valence-corrected chi connectivity index (χ1v) is 5.12. The highest BCUT2D eigenvalue weighted by atomic mass is 35.5. The zero-order chi connectivity index (χ0) is 10.7. The molecule has 0 aliphatic heterocycles. The van der Waals surface area contributed by atoms with Gasteiger partial charge in [0.15, 0.2) is 0 Å². The summed E-state index contributed by atoms with van der Waals surface area (Å²) in [7, 11) is 0. The van der Waals surface area contributed by atoms with Crippen LogP contribution in [0.1, 0.15) is 11.4 Å². The molecule has 0 unspecified atom stereocenters. The van der Waals surface area contributed by atoms with Gasteiger partial charge in [0, 0.05) is 29.2 Å². The maximum atomic E-state index is 5.85. The molecule has 2 aromatic rings. The summed E-state index contributed by atoms with van der Waals surface area (Å²) in [5, 5.41) is 0. The van der Waals surface area contributed by atoms with Crippen LogP contribution >= 0.6 is 11.6 Å². The smallest absolute Gasteiger partial charge is 0.115 e. The molecule has 0 saturated heterocycles. The van der Waals surface area contributed by atoms with E-state index >= 15 is 0 Å². The molecule has 0 aromatic carbocycles. The van der Waals surface area contributed by atoms with E-state index < -0.39 is 0 Å². The van der Waals surface area contributed by atoms with Crippen molar-refractivity contribution in [3.63, 3.8) is 0 Å². The lowest BCUT2D eigenvalue weighted by Crippen LogP contribution is -1.94. The van der Waals surface area contributed by atoms with Gasteiger partial charge in [0.1, 0.15) is 6.33 Å². The summed E-state index contributed by atoms with van der Waals surface area (Å²) in [6, 6.07) is 3.96. The first-order valence-electron chi connectivity index (χ1n) is 4.59. The number of hydrogen-bond donors (Lipinski definition) is 0. The summed E-state index contributed by atoms with van der Waals surface area (Å²) >= 11 is 5.85. The van der Waals surface area contributed by atoms with Crippen molar-refractivity contribution < 1.29 is 0 Å². The molecule has 15 heavy (non-hydrogen) atoms. The quantitative estimate of drug-likeness (QED) is 0.729. The minimum absolute atomic E-state index is 0.395. The van der Waals surface area contributed by atoms with Crippen molar-refractivity contribution in [1.29, 1.82) is 0 Å². The van der Waals surface area contributed by atoms with Crippen molar-refractivity contribution in [3.05, 3.63) is 42.2 Å². The minimum Gasteiger partial charge on any atom is -0.256 e. The first-order chi connectivity index (χ1) is 7.31. The van der Waals surface area contributed by atoms with E-state index in [4.69, 9.17) is 11.6 Å². The third-order valence-electron chi connectivity index (χ3n) is 2.11. The summed E-state index contributed by atoms with van der Waals surface area (Å²) in [5.41, 5.74) is 3.77. The normalized spacial score (nSPS) is 10.3. The number of alkyl halides is 1. The summed E-state index contributed by atoms with van der Waals surface area (Å²) in [4.78, 5) is 12.3. The van der Waals surface area contributed by atoms with E-state index in [1.165, 1.54) is 6.33 Å². The number of halogens is 1. The first kappa shape index (κ1) is 10.1. The van der Waals surface area contributed by atoms with Crippen LogP contribution in [0, 0.1) is 6.92 Å². The number of nitrogens with zero attached hydrogens (tertiary/aromatic N) is 3. The highest BCUT2D eigenvalue weighted by Gasteiger charge is 2.06. The third kappa shape index (κ3) is 2.13. The number of aryl methyl sites for hydroxylation is 1. The SMILES string of the molecule is Cc1ccc(-c2cncnc2)c(CCl)n1. The Labute approximate surface area is 93.2 Å². The van der Waals surface area contributed by atoms with Gasteiger partial charge in [0.05, 0.1) is 11.6 Å². The molecule has 2 rings (SSSR count). The van der Waals surface area contributed by atoms with Gasteiger partial charge in [-0.2, -0.15) is 0 Å². The molecule has 2 aromatic heterocycles. The van der Waals surface area contributed by atoms with Gasteiger partial charge >= 0.3 is 0 Å². The molecule has 0 N–H and O–H groups in total. The van der Waals surface area contributed by atoms with Crippen molar-refractivity contribution in [2.75, 3.05) is 0 Å². The van der Waals surface area contributed by atoms with Crippen LogP contribution in [0.3, 0.4) is 0 Å². The molecule has 4 heteroatoms. The van der Waals surface area contributed by atoms with Crippen molar-refractivity contribution >= 4 is 11.6 Å². The van der Waals surface area contributed by atoms with Crippen molar-refractivity contribution in [2.24, 2.45) is 0 Å². The number of rotatable bonds is 2. The van der Waals surface area contributed by atoms with Crippen molar-refractivity contribution in [3.8, 4) is 11.1 Å². The van der Waals surface area contributed by atoms with Gasteiger partial charge in [-0.05, 0) is 13.0 Å². The van der Waals surface area contributed by atoms with E-state index in [1.807, 2.05) is 19.1 Å². The Bertz CT molecular complexity index is 457. The van der Waals surface area contributed by atoms with Crippen molar-refractivity contribution in [2.45, 2.75) is 12.8 Å². The van der Waals surface area contributed by atoms with Gasteiger partial charge < -0.3 is 0 Å². The third-order valence-corrected chi connectivity index (χ3v) is 2.36. The van der Waals surface area contributed by atoms with Crippen LogP contribution in [-0.4, -0.2) is 15.0 Å². The van der Waals surface area contributed by atoms with Crippen LogP contribution in [0.25, 0.3) is 11.1 Å². The second-order valence-electron chi connectivity index (χ2n) is 3.21. The molecule has 0 amide bonds. The highest BCUT2D eigenvalue weighted by Crippen LogP contribution is 2.22. The lowest BCUT2D eigenvalue weighted by atomic mass is 10.1. The van der Waals surface area contributed by atoms with Crippen LogP contribution in [-0.2, 0) is 5.88 Å². The fourth-order valence-electron chi connectivity index (χ4n) is 1.41. The predicted octanol–water partition coefficient (Wildman–Crippen LogP) is 2.59. The Kier molecular flexibility index (Phi) is 2.92. The van der Waals surface area contributed by atoms with Gasteiger partial charge in [0.2, 0.25) is 0 Å². The molecule has 3 nitrogen and oxygen atoms in total. The lowest BCUT2D eigenvalue weighted by molar-refractivity contribution is 1.10. The number of pyridine rings is 1. The molecule has 0 aliphatic carbocycles. The van der Waals surface area contributed by atoms with E-state index in [0.29, 0.717) is 5.88 Å². The molecule has 0 bridgehead atoms.